The van der Waals surface area contributed by atoms with E-state index in [1.54, 1.807) is 6.07 Å². The molecule has 1 aliphatic rings. The number of aromatic nitrogens is 1. The zero-order chi connectivity index (χ0) is 18.1. The number of pyridine rings is 1. The van der Waals surface area contributed by atoms with Crippen molar-refractivity contribution in [3.63, 3.8) is 0 Å². The molecule has 1 fully saturated rings. The average molecular weight is 424 g/mol. The van der Waals surface area contributed by atoms with Crippen molar-refractivity contribution in [2.24, 2.45) is 0 Å². The molecule has 1 aromatic heterocycles. The highest BCUT2D eigenvalue weighted by Gasteiger charge is 2.45. The predicted octanol–water partition coefficient (Wildman–Crippen LogP) is 2.27. The van der Waals surface area contributed by atoms with E-state index in [0.717, 1.165) is 27.2 Å². The van der Waals surface area contributed by atoms with Gasteiger partial charge in [0.05, 0.1) is 12.1 Å². The molecule has 1 heterocycles. The number of nitrogens with zero attached hydrogens (tertiary/aromatic N) is 2. The smallest absolute Gasteiger partial charge is 0.244 e. The monoisotopic (exact) mass is 423 g/mol. The molecule has 3 rings (SSSR count). The lowest BCUT2D eigenvalue weighted by molar-refractivity contribution is -0.122. The normalized spacial score (nSPS) is 15.8. The van der Waals surface area contributed by atoms with Crippen molar-refractivity contribution in [1.29, 1.82) is 0 Å². The molecule has 1 saturated carbocycles. The van der Waals surface area contributed by atoms with Crippen molar-refractivity contribution < 1.29 is 13.2 Å². The van der Waals surface area contributed by atoms with Crippen LogP contribution < -0.4 is 5.32 Å². The molecular weight excluding hydrogens is 406 g/mol. The second-order valence-corrected chi connectivity index (χ2v) is 9.05. The van der Waals surface area contributed by atoms with E-state index in [9.17, 15) is 13.2 Å². The summed E-state index contributed by atoms with van der Waals surface area (Å²) in [4.78, 5) is 16.3. The number of sulfonamides is 1. The minimum Gasteiger partial charge on any atom is -0.345 e. The second-order valence-electron chi connectivity index (χ2n) is 6.09. The van der Waals surface area contributed by atoms with Gasteiger partial charge in [-0.1, -0.05) is 28.1 Å². The zero-order valence-corrected chi connectivity index (χ0v) is 16.0. The molecule has 0 aliphatic heterocycles. The van der Waals surface area contributed by atoms with E-state index >= 15 is 0 Å². The zero-order valence-electron chi connectivity index (χ0n) is 13.6. The number of hydrogen-bond donors (Lipinski definition) is 1. The van der Waals surface area contributed by atoms with Crippen molar-refractivity contribution in [2.45, 2.75) is 23.3 Å². The first-order chi connectivity index (χ1) is 11.8. The van der Waals surface area contributed by atoms with Gasteiger partial charge in [0.1, 0.15) is 4.90 Å². The van der Waals surface area contributed by atoms with Crippen LogP contribution in [-0.2, 0) is 20.4 Å². The lowest BCUT2D eigenvalue weighted by atomic mass is 10.1. The van der Waals surface area contributed by atoms with Crippen LogP contribution >= 0.6 is 15.9 Å². The van der Waals surface area contributed by atoms with E-state index in [-0.39, 0.29) is 22.9 Å². The summed E-state index contributed by atoms with van der Waals surface area (Å²) in [5.74, 6) is -0.324. The molecule has 8 heteroatoms. The summed E-state index contributed by atoms with van der Waals surface area (Å²) in [5.41, 5.74) is 0.651. The average Bonchev–Trinajstić information content (AvgIpc) is 3.36. The summed E-state index contributed by atoms with van der Waals surface area (Å²) in [7, 11) is -2.35. The summed E-state index contributed by atoms with van der Waals surface area (Å²) in [6, 6.07) is 10.8. The number of likely N-dealkylation sites (N-methyl/N-ethyl adjacent to an activating group) is 1. The lowest BCUT2D eigenvalue weighted by Gasteiger charge is -2.21. The van der Waals surface area contributed by atoms with E-state index in [4.69, 9.17) is 0 Å². The van der Waals surface area contributed by atoms with Crippen LogP contribution in [0.3, 0.4) is 0 Å². The Kier molecular flexibility index (Phi) is 4.95. The Labute approximate surface area is 155 Å². The topological polar surface area (TPSA) is 79.4 Å². The van der Waals surface area contributed by atoms with Gasteiger partial charge >= 0.3 is 0 Å². The molecule has 1 amide bonds. The Morgan fingerprint density at radius 2 is 1.96 bits per heavy atom. The number of hydrogen-bond acceptors (Lipinski definition) is 4. The Bertz CT molecular complexity index is 866. The van der Waals surface area contributed by atoms with E-state index < -0.39 is 10.0 Å². The molecule has 1 N–H and O–H groups in total. The van der Waals surface area contributed by atoms with Crippen LogP contribution in [0.25, 0.3) is 0 Å². The van der Waals surface area contributed by atoms with Gasteiger partial charge in [-0.2, -0.15) is 4.31 Å². The number of carbonyl (C=O) groups is 1. The molecule has 132 valence electrons. The van der Waals surface area contributed by atoms with Crippen LogP contribution in [0, 0.1) is 0 Å². The van der Waals surface area contributed by atoms with E-state index in [2.05, 4.69) is 26.2 Å². The fourth-order valence-electron chi connectivity index (χ4n) is 2.65. The van der Waals surface area contributed by atoms with Gasteiger partial charge in [-0.15, -0.1) is 0 Å². The molecule has 0 spiro atoms. The number of halogens is 1. The van der Waals surface area contributed by atoms with Gasteiger partial charge in [0.15, 0.2) is 0 Å². The molecule has 6 nitrogen and oxygen atoms in total. The van der Waals surface area contributed by atoms with Crippen molar-refractivity contribution in [3.8, 4) is 0 Å². The molecule has 0 unspecified atom stereocenters. The maximum atomic E-state index is 12.5. The van der Waals surface area contributed by atoms with Gasteiger partial charge in [0, 0.05) is 23.9 Å². The Hall–Kier alpha value is -1.77. The first-order valence-electron chi connectivity index (χ1n) is 7.77. The van der Waals surface area contributed by atoms with Gasteiger partial charge in [-0.3, -0.25) is 9.78 Å². The predicted molar refractivity (Wildman–Crippen MR) is 97.2 cm³/mol. The highest BCUT2D eigenvalue weighted by molar-refractivity contribution is 9.10. The van der Waals surface area contributed by atoms with Gasteiger partial charge < -0.3 is 5.32 Å². The van der Waals surface area contributed by atoms with Crippen molar-refractivity contribution >= 4 is 31.9 Å². The Balaban J connectivity index is 1.67. The molecule has 0 bridgehead atoms. The first-order valence-corrected chi connectivity index (χ1v) is 10.0. The van der Waals surface area contributed by atoms with Crippen LogP contribution in [0.5, 0.6) is 0 Å². The van der Waals surface area contributed by atoms with Gasteiger partial charge in [-0.05, 0) is 42.7 Å². The van der Waals surface area contributed by atoms with Gasteiger partial charge in [0.25, 0.3) is 0 Å². The lowest BCUT2D eigenvalue weighted by Crippen LogP contribution is -2.42. The third-order valence-corrected chi connectivity index (χ3v) is 6.55. The Morgan fingerprint density at radius 3 is 2.52 bits per heavy atom. The summed E-state index contributed by atoms with van der Waals surface area (Å²) >= 11 is 3.39. The molecule has 0 radical (unpaired) electrons. The summed E-state index contributed by atoms with van der Waals surface area (Å²) in [6.07, 6.45) is 4.47. The quantitative estimate of drug-likeness (QED) is 0.772. The third-order valence-electron chi connectivity index (χ3n) is 4.23. The van der Waals surface area contributed by atoms with Crippen molar-refractivity contribution in [3.05, 3.63) is 58.8 Å². The summed E-state index contributed by atoms with van der Waals surface area (Å²) in [5, 5.41) is 2.98. The second kappa shape index (κ2) is 6.86. The fraction of sp³-hybridized carbons (Fsp3) is 0.294. The van der Waals surface area contributed by atoms with Crippen LogP contribution in [-0.4, -0.2) is 37.2 Å². The number of nitrogens with one attached hydrogen (secondary N) is 1. The van der Waals surface area contributed by atoms with E-state index in [1.165, 1.54) is 25.5 Å². The van der Waals surface area contributed by atoms with Crippen LogP contribution in [0.1, 0.15) is 18.4 Å². The summed E-state index contributed by atoms with van der Waals surface area (Å²) in [6.45, 7) is -0.241. The van der Waals surface area contributed by atoms with Crippen molar-refractivity contribution in [2.75, 3.05) is 13.6 Å². The molecular formula is C17H18BrN3O3S. The molecule has 2 aromatic rings. The van der Waals surface area contributed by atoms with Crippen LogP contribution in [0.4, 0.5) is 0 Å². The number of rotatable bonds is 6. The first kappa shape index (κ1) is 18.0. The number of amides is 1. The molecule has 25 heavy (non-hydrogen) atoms. The largest absolute Gasteiger partial charge is 0.345 e. The highest BCUT2D eigenvalue weighted by Crippen LogP contribution is 2.45. The molecule has 1 aromatic carbocycles. The minimum absolute atomic E-state index is 0.0688. The summed E-state index contributed by atoms with van der Waals surface area (Å²) < 4.78 is 26.9. The minimum atomic E-state index is -3.74. The number of benzene rings is 1. The number of carbonyl (C=O) groups excluding carboxylic acids is 1. The van der Waals surface area contributed by atoms with Gasteiger partial charge in [-0.25, -0.2) is 8.42 Å². The maximum Gasteiger partial charge on any atom is 0.244 e. The molecule has 0 atom stereocenters. The van der Waals surface area contributed by atoms with Crippen LogP contribution in [0.2, 0.25) is 0 Å². The highest BCUT2D eigenvalue weighted by atomic mass is 79.9. The van der Waals surface area contributed by atoms with E-state index in [1.807, 2.05) is 24.3 Å². The molecule has 1 aliphatic carbocycles. The van der Waals surface area contributed by atoms with E-state index in [0.29, 0.717) is 0 Å². The fourth-order valence-corrected chi connectivity index (χ4v) is 4.01. The van der Waals surface area contributed by atoms with Gasteiger partial charge in [0.2, 0.25) is 15.9 Å². The third kappa shape index (κ3) is 3.91. The maximum absolute atomic E-state index is 12.5. The van der Waals surface area contributed by atoms with Crippen molar-refractivity contribution in [1.82, 2.24) is 14.6 Å². The van der Waals surface area contributed by atoms with Crippen LogP contribution in [0.15, 0.2) is 58.2 Å². The standard InChI is InChI=1S/C17H18BrN3O3S/c1-21(25(23,24)15-3-2-10-19-11-15)12-16(22)20-17(8-9-17)13-4-6-14(18)7-5-13/h2-7,10-11H,8-9,12H2,1H3,(H,20,22). The SMILES string of the molecule is CN(CC(=O)NC1(c2ccc(Br)cc2)CC1)S(=O)(=O)c1cccnc1. The molecule has 0 saturated heterocycles. The Morgan fingerprint density at radius 1 is 1.28 bits per heavy atom.